The molecule has 1 atom stereocenters. The van der Waals surface area contributed by atoms with E-state index in [1.54, 1.807) is 12.4 Å². The van der Waals surface area contributed by atoms with Crippen LogP contribution in [0.4, 0.5) is 0 Å². The Kier molecular flexibility index (Phi) is 2.84. The number of fused-ring (bicyclic) bond motifs is 1. The molecule has 0 aromatic carbocycles. The lowest BCUT2D eigenvalue weighted by Gasteiger charge is -2.04. The van der Waals surface area contributed by atoms with Crippen molar-refractivity contribution in [3.05, 3.63) is 24.5 Å². The smallest absolute Gasteiger partial charge is 0.191 e. The molecule has 2 aromatic rings. The lowest BCUT2D eigenvalue weighted by molar-refractivity contribution is 0.681. The minimum Gasteiger partial charge on any atom is -0.301 e. The molecule has 82 valence electrons. The average Bonchev–Trinajstić information content (AvgIpc) is 2.88. The van der Waals surface area contributed by atoms with Gasteiger partial charge in [-0.2, -0.15) is 0 Å². The molecule has 1 aliphatic rings. The quantitative estimate of drug-likeness (QED) is 0.619. The molecule has 0 bridgehead atoms. The SMILES string of the molecule is ICC1Cn2c(nnc2-c2ccncc2)S1. The number of rotatable bonds is 2. The Morgan fingerprint density at radius 1 is 1.38 bits per heavy atom. The van der Waals surface area contributed by atoms with Crippen molar-refractivity contribution in [1.29, 1.82) is 0 Å². The number of nitrogens with zero attached hydrogens (tertiary/aromatic N) is 4. The first kappa shape index (κ1) is 10.5. The van der Waals surface area contributed by atoms with E-state index in [0.717, 1.165) is 27.5 Å². The summed E-state index contributed by atoms with van der Waals surface area (Å²) < 4.78 is 3.34. The van der Waals surface area contributed by atoms with Crippen LogP contribution in [0.25, 0.3) is 11.4 Å². The molecule has 0 fully saturated rings. The van der Waals surface area contributed by atoms with E-state index >= 15 is 0 Å². The maximum absolute atomic E-state index is 4.24. The highest BCUT2D eigenvalue weighted by Crippen LogP contribution is 2.34. The molecular formula is C10H9IN4S. The first-order valence-corrected chi connectivity index (χ1v) is 7.35. The zero-order valence-electron chi connectivity index (χ0n) is 8.38. The molecule has 16 heavy (non-hydrogen) atoms. The van der Waals surface area contributed by atoms with E-state index in [4.69, 9.17) is 0 Å². The van der Waals surface area contributed by atoms with Crippen molar-refractivity contribution >= 4 is 34.4 Å². The molecule has 2 aromatic heterocycles. The summed E-state index contributed by atoms with van der Waals surface area (Å²) in [6.45, 7) is 1.01. The van der Waals surface area contributed by atoms with Gasteiger partial charge in [0.2, 0.25) is 0 Å². The van der Waals surface area contributed by atoms with Gasteiger partial charge in [-0.25, -0.2) is 0 Å². The van der Waals surface area contributed by atoms with Gasteiger partial charge in [0.25, 0.3) is 0 Å². The molecule has 0 saturated heterocycles. The highest BCUT2D eigenvalue weighted by molar-refractivity contribution is 14.1. The molecule has 0 radical (unpaired) electrons. The van der Waals surface area contributed by atoms with E-state index in [-0.39, 0.29) is 0 Å². The maximum Gasteiger partial charge on any atom is 0.191 e. The molecule has 0 aliphatic carbocycles. The summed E-state index contributed by atoms with van der Waals surface area (Å²) in [7, 11) is 0. The molecule has 4 nitrogen and oxygen atoms in total. The third-order valence-electron chi connectivity index (χ3n) is 2.49. The van der Waals surface area contributed by atoms with E-state index in [1.807, 2.05) is 23.9 Å². The Balaban J connectivity index is 2.00. The molecule has 0 saturated carbocycles. The molecule has 0 amide bonds. The van der Waals surface area contributed by atoms with E-state index < -0.39 is 0 Å². The number of pyridine rings is 1. The third-order valence-corrected chi connectivity index (χ3v) is 5.31. The van der Waals surface area contributed by atoms with Crippen LogP contribution in [0.5, 0.6) is 0 Å². The number of hydrogen-bond donors (Lipinski definition) is 0. The fourth-order valence-corrected chi connectivity index (χ4v) is 3.50. The fourth-order valence-electron chi connectivity index (χ4n) is 1.73. The van der Waals surface area contributed by atoms with E-state index in [0.29, 0.717) is 5.25 Å². The molecular weight excluding hydrogens is 335 g/mol. The van der Waals surface area contributed by atoms with Crippen LogP contribution in [-0.2, 0) is 6.54 Å². The van der Waals surface area contributed by atoms with Crippen molar-refractivity contribution in [2.45, 2.75) is 17.0 Å². The van der Waals surface area contributed by atoms with E-state index in [2.05, 4.69) is 42.3 Å². The molecule has 1 aliphatic heterocycles. The molecule has 3 rings (SSSR count). The maximum atomic E-state index is 4.24. The third kappa shape index (κ3) is 1.73. The Morgan fingerprint density at radius 3 is 2.94 bits per heavy atom. The van der Waals surface area contributed by atoms with Crippen LogP contribution < -0.4 is 0 Å². The Morgan fingerprint density at radius 2 is 2.19 bits per heavy atom. The van der Waals surface area contributed by atoms with Crippen molar-refractivity contribution in [2.75, 3.05) is 4.43 Å². The van der Waals surface area contributed by atoms with Gasteiger partial charge >= 0.3 is 0 Å². The van der Waals surface area contributed by atoms with Gasteiger partial charge in [0.05, 0.1) is 0 Å². The van der Waals surface area contributed by atoms with Crippen LogP contribution in [0, 0.1) is 0 Å². The van der Waals surface area contributed by atoms with Gasteiger partial charge in [0, 0.05) is 34.2 Å². The predicted octanol–water partition coefficient (Wildman–Crippen LogP) is 2.25. The van der Waals surface area contributed by atoms with Crippen LogP contribution in [0.3, 0.4) is 0 Å². The van der Waals surface area contributed by atoms with Gasteiger partial charge < -0.3 is 4.57 Å². The Bertz CT molecular complexity index is 499. The van der Waals surface area contributed by atoms with E-state index in [1.165, 1.54) is 0 Å². The Hall–Kier alpha value is -0.630. The number of aromatic nitrogens is 4. The van der Waals surface area contributed by atoms with Crippen molar-refractivity contribution < 1.29 is 0 Å². The summed E-state index contributed by atoms with van der Waals surface area (Å²) in [6.07, 6.45) is 3.57. The molecule has 3 heterocycles. The summed E-state index contributed by atoms with van der Waals surface area (Å²) in [5, 5.41) is 10.1. The van der Waals surface area contributed by atoms with Crippen molar-refractivity contribution in [2.24, 2.45) is 0 Å². The highest BCUT2D eigenvalue weighted by Gasteiger charge is 2.26. The first-order valence-electron chi connectivity index (χ1n) is 4.94. The van der Waals surface area contributed by atoms with Crippen molar-refractivity contribution in [3.8, 4) is 11.4 Å². The van der Waals surface area contributed by atoms with Gasteiger partial charge in [-0.05, 0) is 12.1 Å². The lowest BCUT2D eigenvalue weighted by atomic mass is 10.2. The van der Waals surface area contributed by atoms with Gasteiger partial charge in [0.1, 0.15) is 0 Å². The summed E-state index contributed by atoms with van der Waals surface area (Å²) in [5.74, 6) is 0.956. The number of alkyl halides is 1. The van der Waals surface area contributed by atoms with E-state index in [9.17, 15) is 0 Å². The van der Waals surface area contributed by atoms with Crippen LogP contribution in [0.15, 0.2) is 29.7 Å². The van der Waals surface area contributed by atoms with Crippen LogP contribution in [0.1, 0.15) is 0 Å². The van der Waals surface area contributed by atoms with Crippen molar-refractivity contribution in [1.82, 2.24) is 19.7 Å². The zero-order valence-corrected chi connectivity index (χ0v) is 11.4. The second-order valence-corrected chi connectivity index (χ2v) is 5.70. The first-order chi connectivity index (χ1) is 7.88. The molecule has 0 spiro atoms. The lowest BCUT2D eigenvalue weighted by Crippen LogP contribution is -2.07. The summed E-state index contributed by atoms with van der Waals surface area (Å²) in [6, 6.07) is 3.94. The standard InChI is InChI=1S/C10H9IN4S/c11-5-8-6-15-9(13-14-10(15)16-8)7-1-3-12-4-2-7/h1-4,8H,5-6H2. The predicted molar refractivity (Wildman–Crippen MR) is 71.8 cm³/mol. The fraction of sp³-hybridized carbons (Fsp3) is 0.300. The summed E-state index contributed by atoms with van der Waals surface area (Å²) in [4.78, 5) is 4.02. The van der Waals surface area contributed by atoms with Crippen molar-refractivity contribution in [3.63, 3.8) is 0 Å². The number of halogens is 1. The van der Waals surface area contributed by atoms with Gasteiger partial charge in [-0.1, -0.05) is 34.4 Å². The van der Waals surface area contributed by atoms with Crippen LogP contribution in [-0.4, -0.2) is 29.4 Å². The van der Waals surface area contributed by atoms with Gasteiger partial charge in [0.15, 0.2) is 11.0 Å². The Labute approximate surface area is 111 Å². The highest BCUT2D eigenvalue weighted by atomic mass is 127. The van der Waals surface area contributed by atoms with Gasteiger partial charge in [-0.3, -0.25) is 4.98 Å². The zero-order chi connectivity index (χ0) is 11.0. The van der Waals surface area contributed by atoms with Crippen LogP contribution in [0.2, 0.25) is 0 Å². The van der Waals surface area contributed by atoms with Crippen LogP contribution >= 0.6 is 34.4 Å². The minimum absolute atomic E-state index is 0.631. The number of hydrogen-bond acceptors (Lipinski definition) is 4. The largest absolute Gasteiger partial charge is 0.301 e. The second kappa shape index (κ2) is 4.33. The summed E-state index contributed by atoms with van der Waals surface area (Å²) in [5.41, 5.74) is 1.09. The normalized spacial score (nSPS) is 18.7. The molecule has 6 heteroatoms. The summed E-state index contributed by atoms with van der Waals surface area (Å²) >= 11 is 4.24. The van der Waals surface area contributed by atoms with Gasteiger partial charge in [-0.15, -0.1) is 10.2 Å². The topological polar surface area (TPSA) is 43.6 Å². The number of thioether (sulfide) groups is 1. The average molecular weight is 344 g/mol. The molecule has 0 N–H and O–H groups in total. The second-order valence-electron chi connectivity index (χ2n) is 3.55. The minimum atomic E-state index is 0.631. The monoisotopic (exact) mass is 344 g/mol. The molecule has 1 unspecified atom stereocenters.